The summed E-state index contributed by atoms with van der Waals surface area (Å²) in [6.07, 6.45) is -0.794. The molecular formula is C20H24BrNO7. The van der Waals surface area contributed by atoms with Crippen LogP contribution in [0.3, 0.4) is 0 Å². The molecule has 1 atom stereocenters. The van der Waals surface area contributed by atoms with E-state index in [-0.39, 0.29) is 6.42 Å². The molecule has 0 radical (unpaired) electrons. The lowest BCUT2D eigenvalue weighted by atomic mass is 9.92. The van der Waals surface area contributed by atoms with Crippen LogP contribution in [-0.2, 0) is 35.0 Å². The van der Waals surface area contributed by atoms with Gasteiger partial charge in [0.25, 0.3) is 5.79 Å². The van der Waals surface area contributed by atoms with Gasteiger partial charge in [0.1, 0.15) is 5.60 Å². The molecule has 1 N–H and O–H groups in total. The Morgan fingerprint density at radius 2 is 1.66 bits per heavy atom. The van der Waals surface area contributed by atoms with Crippen molar-refractivity contribution in [3.05, 3.63) is 34.3 Å². The molecular weight excluding hydrogens is 446 g/mol. The molecule has 9 heteroatoms. The van der Waals surface area contributed by atoms with Gasteiger partial charge in [-0.05, 0) is 44.9 Å². The van der Waals surface area contributed by atoms with Crippen molar-refractivity contribution >= 4 is 39.7 Å². The summed E-state index contributed by atoms with van der Waals surface area (Å²) in [6, 6.07) is 5.85. The van der Waals surface area contributed by atoms with Gasteiger partial charge in [-0.15, -0.1) is 0 Å². The number of Topliss-reactive ketones (excluding diaryl/α,β-unsaturated/α-hetero) is 1. The minimum Gasteiger partial charge on any atom is -0.444 e. The van der Waals surface area contributed by atoms with E-state index in [1.807, 2.05) is 0 Å². The summed E-state index contributed by atoms with van der Waals surface area (Å²) in [7, 11) is 0. The number of ether oxygens (including phenoxy) is 3. The lowest BCUT2D eigenvalue weighted by Crippen LogP contribution is -2.55. The number of ketones is 1. The summed E-state index contributed by atoms with van der Waals surface area (Å²) in [6.45, 7) is 7.81. The molecule has 1 amide bonds. The number of benzene rings is 1. The minimum absolute atomic E-state index is 0.0474. The van der Waals surface area contributed by atoms with Gasteiger partial charge in [0.2, 0.25) is 5.92 Å². The fourth-order valence-corrected chi connectivity index (χ4v) is 2.95. The Bertz CT molecular complexity index is 791. The number of hydrogen-bond acceptors (Lipinski definition) is 7. The third-order valence-electron chi connectivity index (χ3n) is 3.84. The molecule has 0 saturated carbocycles. The van der Waals surface area contributed by atoms with Gasteiger partial charge < -0.3 is 19.5 Å². The molecule has 1 aliphatic rings. The number of hydrogen-bond donors (Lipinski definition) is 1. The van der Waals surface area contributed by atoms with Crippen molar-refractivity contribution in [3.63, 3.8) is 0 Å². The third-order valence-corrected chi connectivity index (χ3v) is 4.36. The van der Waals surface area contributed by atoms with Gasteiger partial charge in [0, 0.05) is 18.3 Å². The van der Waals surface area contributed by atoms with Gasteiger partial charge in [0.05, 0.1) is 6.04 Å². The van der Waals surface area contributed by atoms with E-state index >= 15 is 0 Å². The van der Waals surface area contributed by atoms with E-state index in [0.29, 0.717) is 5.56 Å². The highest BCUT2D eigenvalue weighted by Crippen LogP contribution is 2.25. The Kier molecular flexibility index (Phi) is 6.72. The van der Waals surface area contributed by atoms with Crippen molar-refractivity contribution in [2.24, 2.45) is 5.92 Å². The Morgan fingerprint density at radius 1 is 1.14 bits per heavy atom. The molecule has 1 aromatic carbocycles. The summed E-state index contributed by atoms with van der Waals surface area (Å²) in [5.41, 5.74) is -0.0809. The average molecular weight is 470 g/mol. The van der Waals surface area contributed by atoms with E-state index in [0.717, 1.165) is 4.47 Å². The van der Waals surface area contributed by atoms with Crippen LogP contribution in [0.4, 0.5) is 4.79 Å². The molecule has 1 saturated heterocycles. The first-order valence-corrected chi connectivity index (χ1v) is 9.80. The Hall–Kier alpha value is -2.42. The third kappa shape index (κ3) is 6.56. The van der Waals surface area contributed by atoms with Crippen LogP contribution in [0.1, 0.15) is 40.2 Å². The molecule has 1 fully saturated rings. The highest BCUT2D eigenvalue weighted by molar-refractivity contribution is 9.10. The Morgan fingerprint density at radius 3 is 2.14 bits per heavy atom. The molecule has 158 valence electrons. The first kappa shape index (κ1) is 22.9. The number of carbonyl (C=O) groups excluding carboxylic acids is 4. The number of amides is 1. The monoisotopic (exact) mass is 469 g/mol. The van der Waals surface area contributed by atoms with Crippen LogP contribution in [0.5, 0.6) is 0 Å². The maximum Gasteiger partial charge on any atom is 0.408 e. The molecule has 1 heterocycles. The van der Waals surface area contributed by atoms with Crippen molar-refractivity contribution in [2.45, 2.75) is 58.5 Å². The smallest absolute Gasteiger partial charge is 0.408 e. The van der Waals surface area contributed by atoms with Crippen molar-refractivity contribution in [2.75, 3.05) is 0 Å². The second-order valence-electron chi connectivity index (χ2n) is 8.11. The number of alkyl carbamates (subject to hydrolysis) is 1. The topological polar surface area (TPSA) is 108 Å². The van der Waals surface area contributed by atoms with Crippen LogP contribution in [0.2, 0.25) is 0 Å². The predicted molar refractivity (Wildman–Crippen MR) is 106 cm³/mol. The van der Waals surface area contributed by atoms with Gasteiger partial charge in [0.15, 0.2) is 5.78 Å². The van der Waals surface area contributed by atoms with E-state index in [1.165, 1.54) is 13.8 Å². The molecule has 0 spiro atoms. The van der Waals surface area contributed by atoms with Gasteiger partial charge in [-0.3, -0.25) is 14.4 Å². The molecule has 0 bridgehead atoms. The van der Waals surface area contributed by atoms with E-state index in [2.05, 4.69) is 21.2 Å². The summed E-state index contributed by atoms with van der Waals surface area (Å²) in [5, 5.41) is 2.46. The molecule has 0 aromatic heterocycles. The summed E-state index contributed by atoms with van der Waals surface area (Å²) in [5.74, 6) is -6.08. The lowest BCUT2D eigenvalue weighted by molar-refractivity contribution is -0.238. The Balaban J connectivity index is 2.26. The maximum absolute atomic E-state index is 13.0. The maximum atomic E-state index is 13.0. The average Bonchev–Trinajstić information content (AvgIpc) is 2.52. The number of nitrogens with one attached hydrogen (secondary N) is 1. The van der Waals surface area contributed by atoms with Crippen molar-refractivity contribution in [1.82, 2.24) is 5.32 Å². The number of cyclic esters (lactones) is 2. The van der Waals surface area contributed by atoms with Crippen molar-refractivity contribution in [1.29, 1.82) is 0 Å². The van der Waals surface area contributed by atoms with Gasteiger partial charge in [-0.1, -0.05) is 28.1 Å². The molecule has 29 heavy (non-hydrogen) atoms. The SMILES string of the molecule is CC(C)(C)OC(=O)N[C@H](Cc1ccc(Br)cc1)C(=O)C1C(=O)OC(C)(C)OC1=O. The predicted octanol–water partition coefficient (Wildman–Crippen LogP) is 2.91. The van der Waals surface area contributed by atoms with E-state index in [1.54, 1.807) is 45.0 Å². The van der Waals surface area contributed by atoms with E-state index < -0.39 is 47.2 Å². The van der Waals surface area contributed by atoms with Crippen LogP contribution < -0.4 is 5.32 Å². The van der Waals surface area contributed by atoms with E-state index in [4.69, 9.17) is 14.2 Å². The first-order valence-electron chi connectivity index (χ1n) is 9.01. The van der Waals surface area contributed by atoms with Crippen LogP contribution >= 0.6 is 15.9 Å². The van der Waals surface area contributed by atoms with Crippen LogP contribution in [0, 0.1) is 5.92 Å². The van der Waals surface area contributed by atoms with E-state index in [9.17, 15) is 19.2 Å². The number of rotatable bonds is 5. The number of halogens is 1. The molecule has 1 aliphatic heterocycles. The summed E-state index contributed by atoms with van der Waals surface area (Å²) < 4.78 is 16.1. The second kappa shape index (κ2) is 8.52. The quantitative estimate of drug-likeness (QED) is 0.521. The standard InChI is InChI=1S/C20H24BrNO7/c1-19(2,3)29-18(26)22-13(10-11-6-8-12(21)9-7-11)15(23)14-16(24)27-20(4,5)28-17(14)25/h6-9,13-14H,10H2,1-5H3,(H,22,26)/t13-/m1/s1. The molecule has 1 aromatic rings. The second-order valence-corrected chi connectivity index (χ2v) is 9.02. The molecule has 0 aliphatic carbocycles. The van der Waals surface area contributed by atoms with Gasteiger partial charge in [-0.2, -0.15) is 0 Å². The molecule has 2 rings (SSSR count). The minimum atomic E-state index is -1.78. The van der Waals surface area contributed by atoms with Crippen LogP contribution in [0.25, 0.3) is 0 Å². The Labute approximate surface area is 177 Å². The zero-order valence-electron chi connectivity index (χ0n) is 16.9. The van der Waals surface area contributed by atoms with Crippen LogP contribution in [-0.4, -0.2) is 41.2 Å². The van der Waals surface area contributed by atoms with Gasteiger partial charge in [-0.25, -0.2) is 4.79 Å². The first-order chi connectivity index (χ1) is 13.3. The summed E-state index contributed by atoms with van der Waals surface area (Å²) in [4.78, 5) is 49.8. The largest absolute Gasteiger partial charge is 0.444 e. The van der Waals surface area contributed by atoms with Crippen molar-refractivity contribution in [3.8, 4) is 0 Å². The zero-order chi connectivity index (χ0) is 22.0. The fourth-order valence-electron chi connectivity index (χ4n) is 2.68. The van der Waals surface area contributed by atoms with Crippen molar-refractivity contribution < 1.29 is 33.4 Å². The fraction of sp³-hybridized carbons (Fsp3) is 0.500. The normalized spacial score (nSPS) is 17.7. The number of carbonyl (C=O) groups is 4. The highest BCUT2D eigenvalue weighted by Gasteiger charge is 2.49. The molecule has 8 nitrogen and oxygen atoms in total. The number of esters is 2. The zero-order valence-corrected chi connectivity index (χ0v) is 18.5. The lowest BCUT2D eigenvalue weighted by Gasteiger charge is -2.33. The highest BCUT2D eigenvalue weighted by atomic mass is 79.9. The van der Waals surface area contributed by atoms with Crippen LogP contribution in [0.15, 0.2) is 28.7 Å². The van der Waals surface area contributed by atoms with Gasteiger partial charge >= 0.3 is 18.0 Å². The molecule has 0 unspecified atom stereocenters. The summed E-state index contributed by atoms with van der Waals surface area (Å²) >= 11 is 3.32.